The molecule has 6 heteroatoms. The lowest BCUT2D eigenvalue weighted by Gasteiger charge is -2.37. The molecule has 1 atom stereocenters. The first-order valence-electron chi connectivity index (χ1n) is 6.84. The summed E-state index contributed by atoms with van der Waals surface area (Å²) in [6, 6.07) is 7.91. The molecule has 1 N–H and O–H groups in total. The van der Waals surface area contributed by atoms with E-state index in [0.29, 0.717) is 0 Å². The van der Waals surface area contributed by atoms with Crippen LogP contribution in [0.2, 0.25) is 5.02 Å². The molecule has 108 valence electrons. The van der Waals surface area contributed by atoms with Crippen molar-refractivity contribution in [3.05, 3.63) is 29.3 Å². The van der Waals surface area contributed by atoms with Crippen molar-refractivity contribution in [2.75, 3.05) is 42.7 Å². The second-order valence-corrected chi connectivity index (χ2v) is 6.53. The largest absolute Gasteiger partial charge is 0.368 e. The molecule has 20 heavy (non-hydrogen) atoms. The van der Waals surface area contributed by atoms with E-state index >= 15 is 0 Å². The number of benzene rings is 1. The number of amides is 1. The highest BCUT2D eigenvalue weighted by molar-refractivity contribution is 7.99. The lowest BCUT2D eigenvalue weighted by molar-refractivity contribution is -0.132. The summed E-state index contributed by atoms with van der Waals surface area (Å²) in [5.74, 6) is 2.03. The van der Waals surface area contributed by atoms with E-state index in [4.69, 9.17) is 11.6 Å². The molecule has 0 bridgehead atoms. The summed E-state index contributed by atoms with van der Waals surface area (Å²) in [4.78, 5) is 16.6. The number of thioether (sulfide) groups is 1. The van der Waals surface area contributed by atoms with E-state index in [-0.39, 0.29) is 11.9 Å². The predicted octanol–water partition coefficient (Wildman–Crippen LogP) is 1.65. The Balaban J connectivity index is 1.58. The Morgan fingerprint density at radius 3 is 2.75 bits per heavy atom. The van der Waals surface area contributed by atoms with Crippen LogP contribution in [-0.2, 0) is 4.79 Å². The number of halogens is 1. The SMILES string of the molecule is O=C([C@H]1CSCN1)N1CCN(c2cccc(Cl)c2)CC1. The zero-order valence-electron chi connectivity index (χ0n) is 11.2. The van der Waals surface area contributed by atoms with Crippen molar-refractivity contribution >= 4 is 35.0 Å². The van der Waals surface area contributed by atoms with Gasteiger partial charge in [0.05, 0.1) is 6.04 Å². The average molecular weight is 312 g/mol. The number of anilines is 1. The lowest BCUT2D eigenvalue weighted by Crippen LogP contribution is -2.53. The van der Waals surface area contributed by atoms with Crippen molar-refractivity contribution in [1.82, 2.24) is 10.2 Å². The fraction of sp³-hybridized carbons (Fsp3) is 0.500. The molecular weight excluding hydrogens is 294 g/mol. The molecule has 2 fully saturated rings. The van der Waals surface area contributed by atoms with E-state index < -0.39 is 0 Å². The zero-order chi connectivity index (χ0) is 13.9. The van der Waals surface area contributed by atoms with E-state index in [1.165, 1.54) is 0 Å². The van der Waals surface area contributed by atoms with Gasteiger partial charge in [0.15, 0.2) is 0 Å². The van der Waals surface area contributed by atoms with Crippen LogP contribution in [-0.4, -0.2) is 54.7 Å². The van der Waals surface area contributed by atoms with Crippen molar-refractivity contribution in [2.45, 2.75) is 6.04 Å². The summed E-state index contributed by atoms with van der Waals surface area (Å²) in [5.41, 5.74) is 1.14. The predicted molar refractivity (Wildman–Crippen MR) is 84.5 cm³/mol. The molecule has 2 aliphatic rings. The third kappa shape index (κ3) is 3.05. The summed E-state index contributed by atoms with van der Waals surface area (Å²) in [6.07, 6.45) is 0. The summed E-state index contributed by atoms with van der Waals surface area (Å²) in [5, 5.41) is 4.00. The summed E-state index contributed by atoms with van der Waals surface area (Å²) in [6.45, 7) is 3.31. The normalized spacial score (nSPS) is 23.1. The fourth-order valence-electron chi connectivity index (χ4n) is 2.63. The van der Waals surface area contributed by atoms with Crippen LogP contribution in [0.3, 0.4) is 0 Å². The van der Waals surface area contributed by atoms with Gasteiger partial charge in [-0.25, -0.2) is 0 Å². The molecule has 0 spiro atoms. The standard InChI is InChI=1S/C14H18ClN3OS/c15-11-2-1-3-12(8-11)17-4-6-18(7-5-17)14(19)13-9-20-10-16-13/h1-3,8,13,16H,4-7,9-10H2/t13-/m1/s1. The average Bonchev–Trinajstić information content (AvgIpc) is 3.01. The van der Waals surface area contributed by atoms with Gasteiger partial charge >= 0.3 is 0 Å². The smallest absolute Gasteiger partial charge is 0.240 e. The van der Waals surface area contributed by atoms with Gasteiger partial charge in [-0.15, -0.1) is 11.8 Å². The molecule has 0 unspecified atom stereocenters. The molecular formula is C14H18ClN3OS. The maximum atomic E-state index is 12.3. The zero-order valence-corrected chi connectivity index (χ0v) is 12.8. The van der Waals surface area contributed by atoms with Crippen LogP contribution in [0.15, 0.2) is 24.3 Å². The minimum Gasteiger partial charge on any atom is -0.368 e. The first-order chi connectivity index (χ1) is 9.74. The monoisotopic (exact) mass is 311 g/mol. The summed E-state index contributed by atoms with van der Waals surface area (Å²) >= 11 is 7.82. The van der Waals surface area contributed by atoms with Crippen molar-refractivity contribution in [1.29, 1.82) is 0 Å². The van der Waals surface area contributed by atoms with Crippen LogP contribution < -0.4 is 10.2 Å². The molecule has 2 aliphatic heterocycles. The second kappa shape index (κ2) is 6.24. The highest BCUT2D eigenvalue weighted by Crippen LogP contribution is 2.21. The van der Waals surface area contributed by atoms with Gasteiger partial charge in [-0.05, 0) is 18.2 Å². The van der Waals surface area contributed by atoms with Crippen LogP contribution in [0.1, 0.15) is 0 Å². The fourth-order valence-corrected chi connectivity index (χ4v) is 3.75. The lowest BCUT2D eigenvalue weighted by atomic mass is 10.2. The topological polar surface area (TPSA) is 35.6 Å². The molecule has 3 rings (SSSR count). The minimum atomic E-state index is 0.0118. The second-order valence-electron chi connectivity index (χ2n) is 5.06. The van der Waals surface area contributed by atoms with Crippen LogP contribution in [0.5, 0.6) is 0 Å². The quantitative estimate of drug-likeness (QED) is 0.901. The van der Waals surface area contributed by atoms with Gasteiger partial charge < -0.3 is 9.80 Å². The van der Waals surface area contributed by atoms with Crippen LogP contribution in [0.4, 0.5) is 5.69 Å². The Morgan fingerprint density at radius 1 is 1.30 bits per heavy atom. The first-order valence-corrected chi connectivity index (χ1v) is 8.38. The highest BCUT2D eigenvalue weighted by Gasteiger charge is 2.29. The maximum absolute atomic E-state index is 12.3. The molecule has 2 saturated heterocycles. The Labute approximate surface area is 128 Å². The van der Waals surface area contributed by atoms with Crippen molar-refractivity contribution in [3.8, 4) is 0 Å². The number of hydrogen-bond donors (Lipinski definition) is 1. The Morgan fingerprint density at radius 2 is 2.10 bits per heavy atom. The third-order valence-corrected chi connectivity index (χ3v) is 4.95. The number of nitrogens with zero attached hydrogens (tertiary/aromatic N) is 2. The van der Waals surface area contributed by atoms with Crippen molar-refractivity contribution < 1.29 is 4.79 Å². The first kappa shape index (κ1) is 14.0. The highest BCUT2D eigenvalue weighted by atomic mass is 35.5. The Bertz CT molecular complexity index is 485. The maximum Gasteiger partial charge on any atom is 0.240 e. The van der Waals surface area contributed by atoms with Gasteiger partial charge in [-0.3, -0.25) is 10.1 Å². The molecule has 1 amide bonds. The van der Waals surface area contributed by atoms with Gasteiger partial charge in [-0.2, -0.15) is 0 Å². The van der Waals surface area contributed by atoms with Gasteiger partial charge in [0.25, 0.3) is 0 Å². The van der Waals surface area contributed by atoms with Crippen molar-refractivity contribution in [3.63, 3.8) is 0 Å². The molecule has 1 aromatic rings. The number of hydrogen-bond acceptors (Lipinski definition) is 4. The molecule has 1 aromatic carbocycles. The number of rotatable bonds is 2. The molecule has 0 saturated carbocycles. The molecule has 4 nitrogen and oxygen atoms in total. The van der Waals surface area contributed by atoms with E-state index in [1.807, 2.05) is 23.1 Å². The van der Waals surface area contributed by atoms with Gasteiger partial charge in [0, 0.05) is 48.5 Å². The van der Waals surface area contributed by atoms with E-state index in [2.05, 4.69) is 16.3 Å². The molecule has 0 radical (unpaired) electrons. The summed E-state index contributed by atoms with van der Waals surface area (Å²) in [7, 11) is 0. The Hall–Kier alpha value is -0.910. The van der Waals surface area contributed by atoms with E-state index in [9.17, 15) is 4.79 Å². The number of carbonyl (C=O) groups excluding carboxylic acids is 1. The number of carbonyl (C=O) groups is 1. The Kier molecular flexibility index (Phi) is 4.38. The van der Waals surface area contributed by atoms with Crippen LogP contribution >= 0.6 is 23.4 Å². The summed E-state index contributed by atoms with van der Waals surface area (Å²) < 4.78 is 0. The van der Waals surface area contributed by atoms with Gasteiger partial charge in [-0.1, -0.05) is 17.7 Å². The van der Waals surface area contributed by atoms with Gasteiger partial charge in [0.2, 0.25) is 5.91 Å². The molecule has 0 aromatic heterocycles. The molecule has 0 aliphatic carbocycles. The van der Waals surface area contributed by atoms with E-state index in [1.54, 1.807) is 11.8 Å². The molecule has 2 heterocycles. The van der Waals surface area contributed by atoms with Crippen LogP contribution in [0, 0.1) is 0 Å². The number of piperazine rings is 1. The third-order valence-electron chi connectivity index (χ3n) is 3.78. The van der Waals surface area contributed by atoms with Crippen LogP contribution in [0.25, 0.3) is 0 Å². The minimum absolute atomic E-state index is 0.0118. The van der Waals surface area contributed by atoms with Crippen molar-refractivity contribution in [2.24, 2.45) is 0 Å². The number of nitrogens with one attached hydrogen (secondary N) is 1. The van der Waals surface area contributed by atoms with E-state index in [0.717, 1.165) is 48.5 Å². The van der Waals surface area contributed by atoms with Gasteiger partial charge in [0.1, 0.15) is 0 Å².